The topological polar surface area (TPSA) is 65.8 Å². The minimum atomic E-state index is -0.122. The van der Waals surface area contributed by atoms with E-state index in [-0.39, 0.29) is 11.5 Å². The first-order chi connectivity index (χ1) is 15.8. The molecule has 1 aliphatic heterocycles. The molecule has 1 aliphatic carbocycles. The summed E-state index contributed by atoms with van der Waals surface area (Å²) in [5.41, 5.74) is 3.15. The van der Waals surface area contributed by atoms with Gasteiger partial charge in [0.25, 0.3) is 0 Å². The van der Waals surface area contributed by atoms with E-state index in [9.17, 15) is 4.79 Å². The lowest BCUT2D eigenvalue weighted by Crippen LogP contribution is -2.50. The molecule has 1 N–H and O–H groups in total. The van der Waals surface area contributed by atoms with E-state index in [0.717, 1.165) is 66.2 Å². The van der Waals surface area contributed by atoms with Gasteiger partial charge < -0.3 is 15.1 Å². The van der Waals surface area contributed by atoms with Crippen LogP contribution in [0, 0.1) is 12.8 Å². The number of nitrogens with zero attached hydrogens (tertiary/aromatic N) is 5. The van der Waals surface area contributed by atoms with E-state index in [1.807, 2.05) is 4.52 Å². The van der Waals surface area contributed by atoms with Crippen LogP contribution in [0.2, 0.25) is 0 Å². The summed E-state index contributed by atoms with van der Waals surface area (Å²) < 4.78 is 1.96. The Balaban J connectivity index is 1.40. The van der Waals surface area contributed by atoms with E-state index in [1.165, 1.54) is 18.4 Å². The number of aryl methyl sites for hydroxylation is 1. The maximum Gasteiger partial charge on any atom is 0.225 e. The standard InChI is InChI=1S/C25H34N6OS/c1-17-9-5-8-12-19(17)20-21(27-25(2,3)4)31-23(26-20)33-24(28-31)30-15-13-29(14-16-30)22(32)18-10-6-7-11-18/h5,8-9,12,18,27H,6-7,10-11,13-16H2,1-4H3. The van der Waals surface area contributed by atoms with Gasteiger partial charge in [0.15, 0.2) is 5.82 Å². The third-order valence-corrected chi connectivity index (χ3v) is 7.62. The first kappa shape index (κ1) is 22.2. The fraction of sp³-hybridized carbons (Fsp3) is 0.560. The fourth-order valence-electron chi connectivity index (χ4n) is 4.91. The molecule has 0 bridgehead atoms. The second-order valence-electron chi connectivity index (χ2n) is 10.4. The van der Waals surface area contributed by atoms with Crippen LogP contribution < -0.4 is 10.2 Å². The Labute approximate surface area is 199 Å². The number of imidazole rings is 1. The van der Waals surface area contributed by atoms with Crippen molar-refractivity contribution in [2.45, 2.75) is 58.9 Å². The second-order valence-corrected chi connectivity index (χ2v) is 11.3. The average molecular weight is 467 g/mol. The molecule has 8 heteroatoms. The highest BCUT2D eigenvalue weighted by molar-refractivity contribution is 7.20. The first-order valence-electron chi connectivity index (χ1n) is 12.1. The van der Waals surface area contributed by atoms with Crippen LogP contribution in [-0.4, -0.2) is 57.1 Å². The highest BCUT2D eigenvalue weighted by Crippen LogP contribution is 2.36. The van der Waals surface area contributed by atoms with Crippen LogP contribution in [0.4, 0.5) is 10.9 Å². The summed E-state index contributed by atoms with van der Waals surface area (Å²) in [7, 11) is 0. The van der Waals surface area contributed by atoms with Crippen LogP contribution in [0.5, 0.6) is 0 Å². The number of nitrogens with one attached hydrogen (secondary N) is 1. The number of fused-ring (bicyclic) bond motifs is 1. The minimum Gasteiger partial charge on any atom is -0.364 e. The zero-order valence-electron chi connectivity index (χ0n) is 20.1. The molecule has 1 aromatic carbocycles. The quantitative estimate of drug-likeness (QED) is 0.597. The molecule has 0 radical (unpaired) electrons. The van der Waals surface area contributed by atoms with Crippen LogP contribution in [0.25, 0.3) is 16.2 Å². The molecule has 33 heavy (non-hydrogen) atoms. The predicted octanol–water partition coefficient (Wildman–Crippen LogP) is 4.82. The van der Waals surface area contributed by atoms with Crippen LogP contribution in [-0.2, 0) is 4.79 Å². The van der Waals surface area contributed by atoms with Crippen molar-refractivity contribution in [3.63, 3.8) is 0 Å². The van der Waals surface area contributed by atoms with Gasteiger partial charge in [0.2, 0.25) is 16.0 Å². The molecule has 2 aliphatic rings. The molecule has 1 saturated heterocycles. The molecule has 3 aromatic rings. The molecule has 0 unspecified atom stereocenters. The van der Waals surface area contributed by atoms with E-state index >= 15 is 0 Å². The number of hydrogen-bond acceptors (Lipinski definition) is 6. The van der Waals surface area contributed by atoms with Gasteiger partial charge in [-0.15, -0.1) is 5.10 Å². The number of hydrogen-bond donors (Lipinski definition) is 1. The van der Waals surface area contributed by atoms with Gasteiger partial charge in [-0.25, -0.2) is 4.98 Å². The molecule has 2 fully saturated rings. The lowest BCUT2D eigenvalue weighted by atomic mass is 10.0. The monoisotopic (exact) mass is 466 g/mol. The minimum absolute atomic E-state index is 0.122. The van der Waals surface area contributed by atoms with Gasteiger partial charge in [-0.1, -0.05) is 48.4 Å². The third-order valence-electron chi connectivity index (χ3n) is 6.65. The first-order valence-corrected chi connectivity index (χ1v) is 12.9. The Morgan fingerprint density at radius 3 is 2.45 bits per heavy atom. The van der Waals surface area contributed by atoms with E-state index < -0.39 is 0 Å². The van der Waals surface area contributed by atoms with Crippen molar-refractivity contribution < 1.29 is 4.79 Å². The Morgan fingerprint density at radius 2 is 1.79 bits per heavy atom. The van der Waals surface area contributed by atoms with E-state index in [1.54, 1.807) is 11.3 Å². The number of rotatable bonds is 4. The zero-order valence-corrected chi connectivity index (χ0v) is 20.9. The van der Waals surface area contributed by atoms with Gasteiger partial charge in [0.05, 0.1) is 0 Å². The smallest absolute Gasteiger partial charge is 0.225 e. The number of anilines is 2. The summed E-state index contributed by atoms with van der Waals surface area (Å²) in [6, 6.07) is 8.36. The second kappa shape index (κ2) is 8.63. The molecule has 7 nitrogen and oxygen atoms in total. The number of amides is 1. The van der Waals surface area contributed by atoms with E-state index in [2.05, 4.69) is 67.1 Å². The maximum atomic E-state index is 12.8. The number of carbonyl (C=O) groups excluding carboxylic acids is 1. The van der Waals surface area contributed by atoms with E-state index in [0.29, 0.717) is 5.91 Å². The number of aromatic nitrogens is 3. The summed E-state index contributed by atoms with van der Waals surface area (Å²) in [4.78, 5) is 23.0. The largest absolute Gasteiger partial charge is 0.364 e. The number of carbonyl (C=O) groups is 1. The summed E-state index contributed by atoms with van der Waals surface area (Å²) in [6.45, 7) is 11.8. The molecule has 3 heterocycles. The Morgan fingerprint density at radius 1 is 1.09 bits per heavy atom. The lowest BCUT2D eigenvalue weighted by Gasteiger charge is -2.35. The van der Waals surface area contributed by atoms with Crippen LogP contribution in [0.3, 0.4) is 0 Å². The molecule has 1 saturated carbocycles. The van der Waals surface area contributed by atoms with Crippen LogP contribution in [0.1, 0.15) is 52.0 Å². The van der Waals surface area contributed by atoms with Crippen molar-refractivity contribution in [3.8, 4) is 11.3 Å². The Kier molecular flexibility index (Phi) is 5.80. The summed E-state index contributed by atoms with van der Waals surface area (Å²) >= 11 is 1.62. The van der Waals surface area contributed by atoms with Gasteiger partial charge in [-0.05, 0) is 46.1 Å². The van der Waals surface area contributed by atoms with Crippen molar-refractivity contribution in [1.82, 2.24) is 19.5 Å². The Hall–Kier alpha value is -2.61. The molecule has 2 aromatic heterocycles. The molecule has 5 rings (SSSR count). The van der Waals surface area contributed by atoms with Crippen LogP contribution in [0.15, 0.2) is 24.3 Å². The summed E-state index contributed by atoms with van der Waals surface area (Å²) in [6.07, 6.45) is 4.53. The third kappa shape index (κ3) is 4.45. The van der Waals surface area contributed by atoms with Crippen LogP contribution >= 0.6 is 11.3 Å². The van der Waals surface area contributed by atoms with Crippen molar-refractivity contribution in [1.29, 1.82) is 0 Å². The molecular weight excluding hydrogens is 432 g/mol. The summed E-state index contributed by atoms with van der Waals surface area (Å²) in [5, 5.41) is 9.59. The SMILES string of the molecule is Cc1ccccc1-c1nc2sc(N3CCN(C(=O)C4CCCC4)CC3)nn2c1NC(C)(C)C. The predicted molar refractivity (Wildman–Crippen MR) is 135 cm³/mol. The van der Waals surface area contributed by atoms with Gasteiger partial charge in [-0.2, -0.15) is 4.52 Å². The Bertz CT molecular complexity index is 1150. The molecule has 0 atom stereocenters. The fourth-order valence-corrected chi connectivity index (χ4v) is 5.86. The van der Waals surface area contributed by atoms with Crippen molar-refractivity contribution in [2.75, 3.05) is 36.4 Å². The van der Waals surface area contributed by atoms with E-state index in [4.69, 9.17) is 10.1 Å². The van der Waals surface area contributed by atoms with Gasteiger partial charge in [-0.3, -0.25) is 4.79 Å². The van der Waals surface area contributed by atoms with Crippen molar-refractivity contribution in [3.05, 3.63) is 29.8 Å². The number of piperazine rings is 1. The average Bonchev–Trinajstić information content (AvgIpc) is 3.51. The van der Waals surface area contributed by atoms with Gasteiger partial charge in [0.1, 0.15) is 5.69 Å². The van der Waals surface area contributed by atoms with Crippen molar-refractivity contribution in [2.24, 2.45) is 5.92 Å². The number of benzene rings is 1. The lowest BCUT2D eigenvalue weighted by molar-refractivity contribution is -0.135. The molecular formula is C25H34N6OS. The van der Waals surface area contributed by atoms with Crippen molar-refractivity contribution >= 4 is 33.2 Å². The molecule has 0 spiro atoms. The van der Waals surface area contributed by atoms with Gasteiger partial charge in [0, 0.05) is 43.2 Å². The summed E-state index contributed by atoms with van der Waals surface area (Å²) in [5.74, 6) is 1.55. The highest BCUT2D eigenvalue weighted by Gasteiger charge is 2.31. The maximum absolute atomic E-state index is 12.8. The zero-order chi connectivity index (χ0) is 23.2. The normalized spacial score (nSPS) is 17.8. The molecule has 1 amide bonds. The molecule has 176 valence electrons. The highest BCUT2D eigenvalue weighted by atomic mass is 32.1. The van der Waals surface area contributed by atoms with Gasteiger partial charge >= 0.3 is 0 Å².